The molecule has 0 fully saturated rings. The second kappa shape index (κ2) is 4.88. The largest absolute Gasteiger partial charge is 0.278 e. The van der Waals surface area contributed by atoms with Crippen molar-refractivity contribution in [2.24, 2.45) is 0 Å². The van der Waals surface area contributed by atoms with Gasteiger partial charge in [0.2, 0.25) is 0 Å². The molecular weight excluding hydrogens is 236 g/mol. The van der Waals surface area contributed by atoms with E-state index in [4.69, 9.17) is 0 Å². The third-order valence-corrected chi connectivity index (χ3v) is 3.19. The van der Waals surface area contributed by atoms with E-state index in [-0.39, 0.29) is 10.6 Å². The van der Waals surface area contributed by atoms with Crippen molar-refractivity contribution in [1.82, 2.24) is 4.98 Å². The van der Waals surface area contributed by atoms with Gasteiger partial charge in [0, 0.05) is 6.08 Å². The fourth-order valence-electron chi connectivity index (χ4n) is 1.42. The predicted octanol–water partition coefficient (Wildman–Crippen LogP) is 3.23. The van der Waals surface area contributed by atoms with Gasteiger partial charge in [-0.05, 0) is 19.1 Å². The molecule has 0 spiro atoms. The minimum Gasteiger partial charge on any atom is -0.258 e. The van der Waals surface area contributed by atoms with Gasteiger partial charge in [-0.1, -0.05) is 18.2 Å². The predicted molar refractivity (Wildman–Crippen MR) is 68.2 cm³/mol. The smallest absolute Gasteiger partial charge is 0.258 e. The number of aryl methyl sites for hydroxylation is 1. The van der Waals surface area contributed by atoms with Crippen LogP contribution in [0.25, 0.3) is 11.8 Å². The summed E-state index contributed by atoms with van der Waals surface area (Å²) in [7, 11) is 0. The second-order valence-corrected chi connectivity index (χ2v) is 4.34. The number of hydrogen-bond acceptors (Lipinski definition) is 4. The molecular formula is C12H10N2O2S. The lowest BCUT2D eigenvalue weighted by molar-refractivity contribution is -0.374. The molecule has 0 N–H and O–H groups in total. The summed E-state index contributed by atoms with van der Waals surface area (Å²) in [6.45, 7) is 1.84. The average molecular weight is 246 g/mol. The van der Waals surface area contributed by atoms with Crippen molar-refractivity contribution in [3.05, 3.63) is 62.1 Å². The van der Waals surface area contributed by atoms with Crippen LogP contribution in [0, 0.1) is 17.0 Å². The van der Waals surface area contributed by atoms with Gasteiger partial charge in [-0.25, -0.2) is 4.98 Å². The Hall–Kier alpha value is -2.01. The average Bonchev–Trinajstić information content (AvgIpc) is 2.72. The SMILES string of the molecule is Cc1ncsc1/C=C(/c1ccccc1)[N+](=O)[O-]. The molecule has 0 unspecified atom stereocenters. The molecule has 86 valence electrons. The maximum atomic E-state index is 11.1. The zero-order chi connectivity index (χ0) is 12.3. The van der Waals surface area contributed by atoms with Gasteiger partial charge in [-0.15, -0.1) is 11.3 Å². The first-order valence-corrected chi connectivity index (χ1v) is 5.88. The van der Waals surface area contributed by atoms with E-state index in [1.165, 1.54) is 11.3 Å². The first kappa shape index (κ1) is 11.5. The van der Waals surface area contributed by atoms with Crippen LogP contribution >= 0.6 is 11.3 Å². The van der Waals surface area contributed by atoms with Gasteiger partial charge < -0.3 is 0 Å². The van der Waals surface area contributed by atoms with Crippen molar-refractivity contribution < 1.29 is 4.92 Å². The van der Waals surface area contributed by atoms with E-state index in [0.29, 0.717) is 5.56 Å². The first-order chi connectivity index (χ1) is 8.18. The molecule has 0 atom stereocenters. The molecule has 2 aromatic rings. The Bertz CT molecular complexity index is 561. The summed E-state index contributed by atoms with van der Waals surface area (Å²) in [5.41, 5.74) is 3.19. The summed E-state index contributed by atoms with van der Waals surface area (Å²) in [5, 5.41) is 11.1. The fourth-order valence-corrected chi connectivity index (χ4v) is 2.15. The highest BCUT2D eigenvalue weighted by atomic mass is 32.1. The van der Waals surface area contributed by atoms with Crippen LogP contribution in [0.3, 0.4) is 0 Å². The van der Waals surface area contributed by atoms with Crippen LogP contribution < -0.4 is 0 Å². The van der Waals surface area contributed by atoms with Crippen molar-refractivity contribution in [3.63, 3.8) is 0 Å². The summed E-state index contributed by atoms with van der Waals surface area (Å²) in [6, 6.07) is 8.85. The first-order valence-electron chi connectivity index (χ1n) is 5.00. The number of nitrogens with zero attached hydrogens (tertiary/aromatic N) is 2. The molecule has 1 aromatic heterocycles. The van der Waals surface area contributed by atoms with Gasteiger partial charge in [0.25, 0.3) is 5.70 Å². The number of aromatic nitrogens is 1. The standard InChI is InChI=1S/C12H10N2O2S/c1-9-12(17-8-13-9)7-11(14(15)16)10-5-3-2-4-6-10/h2-8H,1H3/b11-7-. The van der Waals surface area contributed by atoms with Gasteiger partial charge in [-0.3, -0.25) is 10.1 Å². The van der Waals surface area contributed by atoms with Crippen molar-refractivity contribution in [2.75, 3.05) is 0 Å². The third kappa shape index (κ3) is 2.57. The third-order valence-electron chi connectivity index (χ3n) is 2.32. The van der Waals surface area contributed by atoms with Gasteiger partial charge in [0.1, 0.15) is 0 Å². The van der Waals surface area contributed by atoms with E-state index < -0.39 is 0 Å². The number of nitro groups is 1. The molecule has 1 heterocycles. The summed E-state index contributed by atoms with van der Waals surface area (Å²) in [4.78, 5) is 15.6. The Morgan fingerprint density at radius 3 is 2.65 bits per heavy atom. The maximum Gasteiger partial charge on any atom is 0.278 e. The molecule has 0 saturated carbocycles. The highest BCUT2D eigenvalue weighted by Crippen LogP contribution is 2.22. The molecule has 0 aliphatic rings. The Labute approximate surface area is 102 Å². The van der Waals surface area contributed by atoms with E-state index in [1.807, 2.05) is 13.0 Å². The van der Waals surface area contributed by atoms with E-state index >= 15 is 0 Å². The topological polar surface area (TPSA) is 56.0 Å². The number of benzene rings is 1. The lowest BCUT2D eigenvalue weighted by atomic mass is 10.1. The highest BCUT2D eigenvalue weighted by Gasteiger charge is 2.14. The molecule has 1 aromatic carbocycles. The number of hydrogen-bond donors (Lipinski definition) is 0. The minimum absolute atomic E-state index is 0.0953. The molecule has 17 heavy (non-hydrogen) atoms. The summed E-state index contributed by atoms with van der Waals surface area (Å²) in [5.74, 6) is 0. The summed E-state index contributed by atoms with van der Waals surface area (Å²) in [6.07, 6.45) is 1.57. The second-order valence-electron chi connectivity index (χ2n) is 3.45. The van der Waals surface area contributed by atoms with Crippen molar-refractivity contribution >= 4 is 23.1 Å². The molecule has 0 amide bonds. The van der Waals surface area contributed by atoms with Crippen LogP contribution in [0.1, 0.15) is 16.1 Å². The number of rotatable bonds is 3. The van der Waals surface area contributed by atoms with E-state index in [2.05, 4.69) is 4.98 Å². The van der Waals surface area contributed by atoms with Gasteiger partial charge >= 0.3 is 0 Å². The van der Waals surface area contributed by atoms with Gasteiger partial charge in [0.15, 0.2) is 0 Å². The quantitative estimate of drug-likeness (QED) is 0.617. The van der Waals surface area contributed by atoms with Gasteiger partial charge in [0.05, 0.1) is 26.6 Å². The van der Waals surface area contributed by atoms with Crippen LogP contribution in [-0.2, 0) is 0 Å². The van der Waals surface area contributed by atoms with E-state index in [9.17, 15) is 10.1 Å². The van der Waals surface area contributed by atoms with Crippen LogP contribution in [0.5, 0.6) is 0 Å². The normalized spacial score (nSPS) is 11.5. The lowest BCUT2D eigenvalue weighted by Crippen LogP contribution is -1.97. The Balaban J connectivity index is 2.47. The van der Waals surface area contributed by atoms with Crippen LogP contribution in [0.2, 0.25) is 0 Å². The fraction of sp³-hybridized carbons (Fsp3) is 0.0833. The minimum atomic E-state index is -0.367. The Morgan fingerprint density at radius 2 is 2.12 bits per heavy atom. The molecule has 0 aliphatic carbocycles. The monoisotopic (exact) mass is 246 g/mol. The molecule has 0 radical (unpaired) electrons. The highest BCUT2D eigenvalue weighted by molar-refractivity contribution is 7.10. The number of thiazole rings is 1. The lowest BCUT2D eigenvalue weighted by Gasteiger charge is -1.98. The van der Waals surface area contributed by atoms with Crippen LogP contribution in [0.4, 0.5) is 0 Å². The molecule has 2 rings (SSSR count). The van der Waals surface area contributed by atoms with Crippen molar-refractivity contribution in [3.8, 4) is 0 Å². The Kier molecular flexibility index (Phi) is 3.30. The summed E-state index contributed by atoms with van der Waals surface area (Å²) < 4.78 is 0. The zero-order valence-corrected chi connectivity index (χ0v) is 9.98. The zero-order valence-electron chi connectivity index (χ0n) is 9.16. The van der Waals surface area contributed by atoms with Crippen molar-refractivity contribution in [1.29, 1.82) is 0 Å². The molecule has 0 saturated heterocycles. The molecule has 0 bridgehead atoms. The van der Waals surface area contributed by atoms with E-state index in [1.54, 1.807) is 35.9 Å². The van der Waals surface area contributed by atoms with Crippen LogP contribution in [-0.4, -0.2) is 9.91 Å². The molecule has 4 nitrogen and oxygen atoms in total. The van der Waals surface area contributed by atoms with Crippen LogP contribution in [0.15, 0.2) is 35.8 Å². The van der Waals surface area contributed by atoms with Crippen molar-refractivity contribution in [2.45, 2.75) is 6.92 Å². The van der Waals surface area contributed by atoms with E-state index in [0.717, 1.165) is 10.6 Å². The Morgan fingerprint density at radius 1 is 1.41 bits per heavy atom. The molecule has 5 heteroatoms. The maximum absolute atomic E-state index is 11.1. The van der Waals surface area contributed by atoms with Gasteiger partial charge in [-0.2, -0.15) is 0 Å². The molecule has 0 aliphatic heterocycles. The summed E-state index contributed by atoms with van der Waals surface area (Å²) >= 11 is 1.40.